The fourth-order valence-electron chi connectivity index (χ4n) is 0.830. The van der Waals surface area contributed by atoms with Gasteiger partial charge in [0.15, 0.2) is 5.84 Å². The lowest BCUT2D eigenvalue weighted by Crippen LogP contribution is -2.12. The molecule has 0 aromatic heterocycles. The van der Waals surface area contributed by atoms with E-state index in [4.69, 9.17) is 11.5 Å². The Balaban J connectivity index is 2.86. The van der Waals surface area contributed by atoms with Crippen LogP contribution in [0.25, 0.3) is 0 Å². The summed E-state index contributed by atoms with van der Waals surface area (Å²) in [5, 5.41) is 7.03. The second-order valence-corrected chi connectivity index (χ2v) is 2.98. The smallest absolute Gasteiger partial charge is 0.153 e. The molecule has 0 heterocycles. The highest BCUT2D eigenvalue weighted by atomic mass is 32.2. The Morgan fingerprint density at radius 2 is 2.00 bits per heavy atom. The Bertz CT molecular complexity index is 347. The van der Waals surface area contributed by atoms with Crippen molar-refractivity contribution in [2.24, 2.45) is 21.7 Å². The van der Waals surface area contributed by atoms with Crippen LogP contribution in [0.3, 0.4) is 0 Å². The Labute approximate surface area is 85.2 Å². The van der Waals surface area contributed by atoms with Gasteiger partial charge in [0.1, 0.15) is 6.34 Å². The summed E-state index contributed by atoms with van der Waals surface area (Å²) >= 11 is 0.177. The van der Waals surface area contributed by atoms with Crippen LogP contribution in [0.2, 0.25) is 0 Å². The highest BCUT2D eigenvalue weighted by molar-refractivity contribution is 7.94. The number of amidine groups is 1. The minimum Gasteiger partial charge on any atom is -0.388 e. The molecule has 1 aromatic carbocycles. The van der Waals surface area contributed by atoms with E-state index in [1.165, 1.54) is 0 Å². The van der Waals surface area contributed by atoms with Crippen molar-refractivity contribution in [2.75, 3.05) is 0 Å². The quantitative estimate of drug-likeness (QED) is 0.450. The van der Waals surface area contributed by atoms with Crippen molar-refractivity contribution >= 4 is 24.3 Å². The average molecular weight is 212 g/mol. The molecule has 4 N–H and O–H groups in total. The van der Waals surface area contributed by atoms with Crippen molar-refractivity contribution in [1.29, 1.82) is 0 Å². The van der Waals surface area contributed by atoms with E-state index >= 15 is 0 Å². The van der Waals surface area contributed by atoms with Crippen LogP contribution in [-0.4, -0.2) is 12.2 Å². The molecule has 14 heavy (non-hydrogen) atoms. The maximum Gasteiger partial charge on any atom is 0.153 e. The molecule has 0 unspecified atom stereocenters. The number of rotatable bonds is 3. The maximum absolute atomic E-state index is 12.1. The molecule has 6 heteroatoms. The summed E-state index contributed by atoms with van der Waals surface area (Å²) < 4.78 is 12.1. The Morgan fingerprint density at radius 1 is 1.36 bits per heavy atom. The van der Waals surface area contributed by atoms with Crippen molar-refractivity contribution in [3.63, 3.8) is 0 Å². The third-order valence-corrected chi connectivity index (χ3v) is 1.92. The molecule has 0 atom stereocenters. The lowest BCUT2D eigenvalue weighted by atomic mass is 10.2. The lowest BCUT2D eigenvalue weighted by Gasteiger charge is -1.98. The van der Waals surface area contributed by atoms with E-state index in [2.05, 4.69) is 10.2 Å². The number of hydrogen-bond acceptors (Lipinski definition) is 3. The van der Waals surface area contributed by atoms with Crippen LogP contribution in [0.15, 0.2) is 39.4 Å². The monoisotopic (exact) mass is 212 g/mol. The summed E-state index contributed by atoms with van der Waals surface area (Å²) in [4.78, 5) is 0.517. The third kappa shape index (κ3) is 2.74. The van der Waals surface area contributed by atoms with E-state index in [1.807, 2.05) is 0 Å². The summed E-state index contributed by atoms with van der Waals surface area (Å²) in [7, 11) is 0. The van der Waals surface area contributed by atoms with Crippen molar-refractivity contribution in [3.8, 4) is 0 Å². The van der Waals surface area contributed by atoms with Crippen LogP contribution in [0, 0.1) is 0 Å². The van der Waals surface area contributed by atoms with Gasteiger partial charge in [0.2, 0.25) is 0 Å². The highest BCUT2D eigenvalue weighted by Crippen LogP contribution is 2.18. The second kappa shape index (κ2) is 5.23. The largest absolute Gasteiger partial charge is 0.388 e. The zero-order valence-electron chi connectivity index (χ0n) is 7.22. The zero-order valence-corrected chi connectivity index (χ0v) is 8.04. The van der Waals surface area contributed by atoms with Crippen LogP contribution >= 0.6 is 12.1 Å². The minimum absolute atomic E-state index is 0.177. The van der Waals surface area contributed by atoms with Gasteiger partial charge in [-0.3, -0.25) is 0 Å². The molecule has 0 bridgehead atoms. The van der Waals surface area contributed by atoms with Gasteiger partial charge in [-0.05, 0) is 12.1 Å². The van der Waals surface area contributed by atoms with Gasteiger partial charge in [-0.2, -0.15) is 3.89 Å². The average Bonchev–Trinajstić information content (AvgIpc) is 2.26. The van der Waals surface area contributed by atoms with Crippen molar-refractivity contribution in [1.82, 2.24) is 0 Å². The minimum atomic E-state index is 0.177. The molecule has 0 saturated heterocycles. The molecule has 1 aromatic rings. The fourth-order valence-corrected chi connectivity index (χ4v) is 1.07. The first kappa shape index (κ1) is 10.5. The molecule has 4 nitrogen and oxygen atoms in total. The molecule has 0 amide bonds. The molecular formula is C8H9FN4S. The topological polar surface area (TPSA) is 76.8 Å². The molecule has 0 saturated carbocycles. The normalized spacial score (nSPS) is 12.2. The first-order valence-corrected chi connectivity index (χ1v) is 4.45. The molecule has 0 aliphatic carbocycles. The van der Waals surface area contributed by atoms with Gasteiger partial charge in [-0.25, -0.2) is 0 Å². The van der Waals surface area contributed by atoms with Gasteiger partial charge in [-0.1, -0.05) is 12.1 Å². The Hall–Kier alpha value is -1.56. The number of halogens is 1. The number of hydrogen-bond donors (Lipinski definition) is 2. The lowest BCUT2D eigenvalue weighted by molar-refractivity contribution is 0.934. The van der Waals surface area contributed by atoms with E-state index in [1.54, 1.807) is 24.3 Å². The maximum atomic E-state index is 12.1. The number of benzene rings is 1. The Morgan fingerprint density at radius 3 is 2.50 bits per heavy atom. The molecule has 0 fully saturated rings. The Kier molecular flexibility index (Phi) is 3.93. The first-order valence-electron chi connectivity index (χ1n) is 3.73. The predicted molar refractivity (Wildman–Crippen MR) is 56.8 cm³/mol. The molecule has 0 radical (unpaired) electrons. The SMILES string of the molecule is N/C=N\N=C(/N)c1ccc(SF)cc1. The van der Waals surface area contributed by atoms with Crippen molar-refractivity contribution in [2.45, 2.75) is 4.90 Å². The number of nitrogens with zero attached hydrogens (tertiary/aromatic N) is 2. The van der Waals surface area contributed by atoms with E-state index in [-0.39, 0.29) is 18.0 Å². The van der Waals surface area contributed by atoms with E-state index in [0.29, 0.717) is 10.5 Å². The van der Waals surface area contributed by atoms with Crippen molar-refractivity contribution < 1.29 is 3.89 Å². The van der Waals surface area contributed by atoms with Gasteiger partial charge < -0.3 is 11.5 Å². The number of nitrogens with two attached hydrogens (primary N) is 2. The summed E-state index contributed by atoms with van der Waals surface area (Å²) in [6, 6.07) is 6.53. The first-order chi connectivity index (χ1) is 6.77. The summed E-state index contributed by atoms with van der Waals surface area (Å²) in [5.74, 6) is 0.238. The van der Waals surface area contributed by atoms with E-state index < -0.39 is 0 Å². The predicted octanol–water partition coefficient (Wildman–Crippen LogP) is 1.27. The fraction of sp³-hybridized carbons (Fsp3) is 0. The van der Waals surface area contributed by atoms with Gasteiger partial charge in [0.05, 0.1) is 12.1 Å². The van der Waals surface area contributed by atoms with Crippen LogP contribution in [-0.2, 0) is 0 Å². The summed E-state index contributed by atoms with van der Waals surface area (Å²) in [6.07, 6.45) is 1.04. The zero-order chi connectivity index (χ0) is 10.4. The van der Waals surface area contributed by atoms with Crippen LogP contribution in [0.5, 0.6) is 0 Å². The second-order valence-electron chi connectivity index (χ2n) is 2.35. The molecule has 0 aliphatic rings. The molecule has 0 aliphatic heterocycles. The van der Waals surface area contributed by atoms with Gasteiger partial charge in [0, 0.05) is 10.5 Å². The van der Waals surface area contributed by atoms with E-state index in [0.717, 1.165) is 6.34 Å². The van der Waals surface area contributed by atoms with Crippen LogP contribution in [0.1, 0.15) is 5.56 Å². The summed E-state index contributed by atoms with van der Waals surface area (Å²) in [5.41, 5.74) is 11.2. The molecule has 74 valence electrons. The molecule has 1 rings (SSSR count). The van der Waals surface area contributed by atoms with Crippen LogP contribution in [0.4, 0.5) is 3.89 Å². The van der Waals surface area contributed by atoms with Gasteiger partial charge in [0.25, 0.3) is 0 Å². The third-order valence-electron chi connectivity index (χ3n) is 1.47. The highest BCUT2D eigenvalue weighted by Gasteiger charge is 1.98. The van der Waals surface area contributed by atoms with E-state index in [9.17, 15) is 3.89 Å². The van der Waals surface area contributed by atoms with Gasteiger partial charge in [-0.15, -0.1) is 10.2 Å². The molecular weight excluding hydrogens is 203 g/mol. The standard InChI is InChI=1S/C8H9FN4S/c9-14-7-3-1-6(2-4-7)8(11)13-12-5-10/h1-5H,(H2,10,12)(H2,11,13). The van der Waals surface area contributed by atoms with Crippen LogP contribution < -0.4 is 11.5 Å². The van der Waals surface area contributed by atoms with Gasteiger partial charge >= 0.3 is 0 Å². The summed E-state index contributed by atoms with van der Waals surface area (Å²) in [6.45, 7) is 0. The molecule has 0 spiro atoms. The van der Waals surface area contributed by atoms with Crippen molar-refractivity contribution in [3.05, 3.63) is 29.8 Å².